The maximum absolute atomic E-state index is 12.5. The lowest BCUT2D eigenvalue weighted by Crippen LogP contribution is -2.52. The zero-order valence-corrected chi connectivity index (χ0v) is 18.3. The highest BCUT2D eigenvalue weighted by molar-refractivity contribution is 5.89. The highest BCUT2D eigenvalue weighted by Crippen LogP contribution is 2.30. The first kappa shape index (κ1) is 22.5. The molecule has 2 aromatic carbocycles. The van der Waals surface area contributed by atoms with E-state index in [0.717, 1.165) is 17.0 Å². The second-order valence-electron chi connectivity index (χ2n) is 7.87. The monoisotopic (exact) mass is 449 g/mol. The zero-order chi connectivity index (χ0) is 23.2. The van der Waals surface area contributed by atoms with E-state index >= 15 is 0 Å². The van der Waals surface area contributed by atoms with E-state index in [1.807, 2.05) is 60.3 Å². The van der Waals surface area contributed by atoms with Crippen molar-refractivity contribution in [2.75, 3.05) is 18.5 Å². The number of rotatable bonds is 7. The average Bonchev–Trinajstić information content (AvgIpc) is 3.24. The molecule has 9 nitrogen and oxygen atoms in total. The maximum Gasteiger partial charge on any atom is 0.319 e. The molecule has 2 unspecified atom stereocenters. The van der Waals surface area contributed by atoms with Gasteiger partial charge in [0.05, 0.1) is 19.2 Å². The molecule has 0 aliphatic carbocycles. The van der Waals surface area contributed by atoms with Crippen molar-refractivity contribution in [3.8, 4) is 0 Å². The van der Waals surface area contributed by atoms with Crippen molar-refractivity contribution in [1.29, 1.82) is 0 Å². The fraction of sp³-hybridized carbons (Fsp3) is 0.292. The highest BCUT2D eigenvalue weighted by atomic mass is 16.5. The molecule has 3 amide bonds. The number of benzene rings is 2. The van der Waals surface area contributed by atoms with Crippen LogP contribution in [0.4, 0.5) is 10.5 Å². The van der Waals surface area contributed by atoms with Crippen molar-refractivity contribution in [3.63, 3.8) is 0 Å². The minimum atomic E-state index is -0.545. The van der Waals surface area contributed by atoms with Gasteiger partial charge in [0, 0.05) is 31.7 Å². The second kappa shape index (κ2) is 10.3. The summed E-state index contributed by atoms with van der Waals surface area (Å²) >= 11 is 0. The van der Waals surface area contributed by atoms with Crippen LogP contribution in [0.5, 0.6) is 0 Å². The van der Waals surface area contributed by atoms with Crippen LogP contribution >= 0.6 is 0 Å². The number of aromatic nitrogens is 2. The quantitative estimate of drug-likeness (QED) is 0.513. The van der Waals surface area contributed by atoms with Crippen molar-refractivity contribution in [2.45, 2.75) is 25.2 Å². The topological polar surface area (TPSA) is 109 Å². The number of urea groups is 1. The van der Waals surface area contributed by atoms with Crippen LogP contribution in [0.2, 0.25) is 0 Å². The van der Waals surface area contributed by atoms with Gasteiger partial charge in [0.15, 0.2) is 0 Å². The lowest BCUT2D eigenvalue weighted by molar-refractivity contribution is -0.162. The molecule has 0 radical (unpaired) electrons. The summed E-state index contributed by atoms with van der Waals surface area (Å²) < 4.78 is 7.63. The van der Waals surface area contributed by atoms with E-state index in [-0.39, 0.29) is 31.7 Å². The Morgan fingerprint density at radius 2 is 1.94 bits per heavy atom. The second-order valence-corrected chi connectivity index (χ2v) is 7.87. The van der Waals surface area contributed by atoms with E-state index < -0.39 is 12.1 Å². The van der Waals surface area contributed by atoms with Gasteiger partial charge in [-0.1, -0.05) is 42.5 Å². The van der Waals surface area contributed by atoms with Gasteiger partial charge in [-0.05, 0) is 23.3 Å². The SMILES string of the molecule is Cn1ccnc1CN1C(=O)COC(c2ccc(NC(=O)NCc3ccccc3)cc2)C1CO. The van der Waals surface area contributed by atoms with Crippen molar-refractivity contribution in [1.82, 2.24) is 19.8 Å². The van der Waals surface area contributed by atoms with E-state index in [4.69, 9.17) is 4.74 Å². The first-order valence-electron chi connectivity index (χ1n) is 10.7. The number of morpholine rings is 1. The van der Waals surface area contributed by atoms with E-state index in [0.29, 0.717) is 12.2 Å². The van der Waals surface area contributed by atoms with Crippen molar-refractivity contribution in [3.05, 3.63) is 83.9 Å². The van der Waals surface area contributed by atoms with E-state index in [9.17, 15) is 14.7 Å². The summed E-state index contributed by atoms with van der Waals surface area (Å²) in [4.78, 5) is 30.6. The summed E-state index contributed by atoms with van der Waals surface area (Å²) in [7, 11) is 1.86. The molecule has 4 rings (SSSR count). The predicted molar refractivity (Wildman–Crippen MR) is 122 cm³/mol. The number of amides is 3. The molecule has 1 aromatic heterocycles. The van der Waals surface area contributed by atoms with Crippen LogP contribution < -0.4 is 10.6 Å². The number of hydrogen-bond acceptors (Lipinski definition) is 5. The number of aliphatic hydroxyl groups is 1. The van der Waals surface area contributed by atoms with E-state index in [2.05, 4.69) is 15.6 Å². The third-order valence-corrected chi connectivity index (χ3v) is 5.67. The Kier molecular flexibility index (Phi) is 7.01. The Morgan fingerprint density at radius 3 is 2.61 bits per heavy atom. The molecule has 1 saturated heterocycles. The van der Waals surface area contributed by atoms with Gasteiger partial charge in [-0.15, -0.1) is 0 Å². The molecule has 3 aromatic rings. The summed E-state index contributed by atoms with van der Waals surface area (Å²) in [6, 6.07) is 16.0. The van der Waals surface area contributed by atoms with E-state index in [1.54, 1.807) is 23.2 Å². The Labute approximate surface area is 192 Å². The van der Waals surface area contributed by atoms with Gasteiger partial charge >= 0.3 is 6.03 Å². The molecule has 2 atom stereocenters. The Bertz CT molecular complexity index is 1080. The lowest BCUT2D eigenvalue weighted by atomic mass is 9.99. The Hall–Kier alpha value is -3.69. The minimum Gasteiger partial charge on any atom is -0.394 e. The number of imidazole rings is 1. The van der Waals surface area contributed by atoms with Crippen molar-refractivity contribution >= 4 is 17.6 Å². The summed E-state index contributed by atoms with van der Waals surface area (Å²) in [5.41, 5.74) is 2.44. The molecule has 0 bridgehead atoms. The van der Waals surface area contributed by atoms with Gasteiger partial charge in [0.1, 0.15) is 18.5 Å². The molecular formula is C24H27N5O4. The van der Waals surface area contributed by atoms with Crippen LogP contribution in [0.15, 0.2) is 67.0 Å². The smallest absolute Gasteiger partial charge is 0.319 e. The first-order valence-corrected chi connectivity index (χ1v) is 10.7. The molecule has 3 N–H and O–H groups in total. The molecule has 0 saturated carbocycles. The first-order chi connectivity index (χ1) is 16.0. The largest absolute Gasteiger partial charge is 0.394 e. The fourth-order valence-electron chi connectivity index (χ4n) is 3.83. The normalized spacial score (nSPS) is 18.2. The third kappa shape index (κ3) is 5.39. The molecule has 0 spiro atoms. The number of nitrogens with zero attached hydrogens (tertiary/aromatic N) is 3. The fourth-order valence-corrected chi connectivity index (χ4v) is 3.83. The van der Waals surface area contributed by atoms with Crippen LogP contribution in [0.25, 0.3) is 0 Å². The van der Waals surface area contributed by atoms with Crippen LogP contribution in [-0.4, -0.2) is 50.8 Å². The zero-order valence-electron chi connectivity index (χ0n) is 18.3. The summed E-state index contributed by atoms with van der Waals surface area (Å²) in [5, 5.41) is 15.7. The lowest BCUT2D eigenvalue weighted by Gasteiger charge is -2.40. The van der Waals surface area contributed by atoms with Gasteiger partial charge in [-0.25, -0.2) is 9.78 Å². The van der Waals surface area contributed by atoms with Gasteiger partial charge < -0.3 is 29.9 Å². The van der Waals surface area contributed by atoms with E-state index in [1.165, 1.54) is 0 Å². The molecule has 33 heavy (non-hydrogen) atoms. The maximum atomic E-state index is 12.5. The highest BCUT2D eigenvalue weighted by Gasteiger charge is 2.37. The van der Waals surface area contributed by atoms with Crippen LogP contribution in [0, 0.1) is 0 Å². The number of anilines is 1. The van der Waals surface area contributed by atoms with Crippen LogP contribution in [0.1, 0.15) is 23.1 Å². The molecule has 1 aliphatic heterocycles. The summed E-state index contributed by atoms with van der Waals surface area (Å²) in [5.74, 6) is 0.533. The van der Waals surface area contributed by atoms with Gasteiger partial charge in [0.2, 0.25) is 5.91 Å². The summed E-state index contributed by atoms with van der Waals surface area (Å²) in [6.45, 7) is 0.392. The van der Waals surface area contributed by atoms with Gasteiger partial charge in [-0.3, -0.25) is 4.79 Å². The molecule has 172 valence electrons. The minimum absolute atomic E-state index is 0.0759. The standard InChI is InChI=1S/C24H27N5O4/c1-28-12-11-25-21(28)14-29-20(15-30)23(33-16-22(29)31)18-7-9-19(10-8-18)27-24(32)26-13-17-5-3-2-4-6-17/h2-12,20,23,30H,13-16H2,1H3,(H2,26,27,32). The third-order valence-electron chi connectivity index (χ3n) is 5.67. The number of aryl methyl sites for hydroxylation is 1. The number of ether oxygens (including phenoxy) is 1. The number of carbonyl (C=O) groups is 2. The molecule has 9 heteroatoms. The number of aliphatic hydroxyl groups excluding tert-OH is 1. The molecule has 1 aliphatic rings. The Morgan fingerprint density at radius 1 is 1.18 bits per heavy atom. The number of carbonyl (C=O) groups excluding carboxylic acids is 2. The molecule has 1 fully saturated rings. The number of hydrogen-bond donors (Lipinski definition) is 3. The van der Waals surface area contributed by atoms with Crippen molar-refractivity contribution in [2.24, 2.45) is 7.05 Å². The van der Waals surface area contributed by atoms with Crippen LogP contribution in [0.3, 0.4) is 0 Å². The summed E-state index contributed by atoms with van der Waals surface area (Å²) in [6.07, 6.45) is 3.00. The van der Waals surface area contributed by atoms with Crippen LogP contribution in [-0.2, 0) is 29.7 Å². The van der Waals surface area contributed by atoms with Gasteiger partial charge in [0.25, 0.3) is 0 Å². The van der Waals surface area contributed by atoms with Gasteiger partial charge in [-0.2, -0.15) is 0 Å². The molecular weight excluding hydrogens is 422 g/mol. The van der Waals surface area contributed by atoms with Crippen molar-refractivity contribution < 1.29 is 19.4 Å². The predicted octanol–water partition coefficient (Wildman–Crippen LogP) is 2.20. The average molecular weight is 450 g/mol. The molecule has 2 heterocycles. The number of nitrogens with one attached hydrogen (secondary N) is 2. The Balaban J connectivity index is 1.40.